The quantitative estimate of drug-likeness (QED) is 0.831. The molecule has 1 aliphatic rings. The van der Waals surface area contributed by atoms with Crippen molar-refractivity contribution in [2.75, 3.05) is 26.0 Å². The maximum Gasteiger partial charge on any atom is 0.260 e. The van der Waals surface area contributed by atoms with Crippen LogP contribution in [-0.4, -0.2) is 58.0 Å². The van der Waals surface area contributed by atoms with Gasteiger partial charge in [0.15, 0.2) is 6.61 Å². The molecule has 0 radical (unpaired) electrons. The molecule has 2 atom stereocenters. The number of likely N-dealkylation sites (tertiary alicyclic amines) is 1. The standard InChI is InChI=1S/C16H21N5O3/c1-23-14-7-12(9-20-6-4-15(17)19-20)21(10-14)16(22)11-24-13-3-2-5-18-8-13/h2-6,8,12,14H,7,9-11H2,1H3,(H2,17,19)/t12-,14-/m0/s1. The second-order valence-corrected chi connectivity index (χ2v) is 5.73. The molecule has 8 heteroatoms. The van der Waals surface area contributed by atoms with Gasteiger partial charge in [-0.25, -0.2) is 0 Å². The van der Waals surface area contributed by atoms with Gasteiger partial charge in [-0.1, -0.05) is 0 Å². The normalized spacial score (nSPS) is 20.3. The van der Waals surface area contributed by atoms with E-state index in [2.05, 4.69) is 10.1 Å². The summed E-state index contributed by atoms with van der Waals surface area (Å²) in [6, 6.07) is 5.27. The fourth-order valence-corrected chi connectivity index (χ4v) is 2.88. The highest BCUT2D eigenvalue weighted by molar-refractivity contribution is 5.78. The van der Waals surface area contributed by atoms with E-state index in [0.717, 1.165) is 6.42 Å². The van der Waals surface area contributed by atoms with Gasteiger partial charge in [0.1, 0.15) is 11.6 Å². The zero-order valence-corrected chi connectivity index (χ0v) is 13.5. The van der Waals surface area contributed by atoms with Gasteiger partial charge in [0.2, 0.25) is 0 Å². The number of carbonyl (C=O) groups is 1. The molecule has 2 aromatic rings. The minimum atomic E-state index is -0.0801. The first kappa shape index (κ1) is 16.3. The Hall–Kier alpha value is -2.61. The van der Waals surface area contributed by atoms with E-state index in [1.54, 1.807) is 47.3 Å². The van der Waals surface area contributed by atoms with Crippen LogP contribution < -0.4 is 10.5 Å². The maximum absolute atomic E-state index is 12.6. The summed E-state index contributed by atoms with van der Waals surface area (Å²) in [7, 11) is 1.66. The van der Waals surface area contributed by atoms with Gasteiger partial charge >= 0.3 is 0 Å². The Morgan fingerprint density at radius 3 is 3.00 bits per heavy atom. The molecule has 0 unspecified atom stereocenters. The second-order valence-electron chi connectivity index (χ2n) is 5.73. The van der Waals surface area contributed by atoms with Gasteiger partial charge in [-0.05, 0) is 24.6 Å². The SMILES string of the molecule is CO[C@H]1C[C@@H](Cn2ccc(N)n2)N(C(=O)COc2cccnc2)C1. The third kappa shape index (κ3) is 3.83. The van der Waals surface area contributed by atoms with Crippen LogP contribution in [0.2, 0.25) is 0 Å². The summed E-state index contributed by atoms with van der Waals surface area (Å²) in [6.07, 6.45) is 5.83. The molecule has 0 aliphatic carbocycles. The summed E-state index contributed by atoms with van der Waals surface area (Å²) in [5, 5.41) is 4.19. The summed E-state index contributed by atoms with van der Waals surface area (Å²) in [5.41, 5.74) is 5.65. The van der Waals surface area contributed by atoms with Crippen LogP contribution >= 0.6 is 0 Å². The number of hydrogen-bond acceptors (Lipinski definition) is 6. The molecule has 0 saturated carbocycles. The van der Waals surface area contributed by atoms with Gasteiger partial charge in [-0.15, -0.1) is 0 Å². The molecular formula is C16H21N5O3. The summed E-state index contributed by atoms with van der Waals surface area (Å²) >= 11 is 0. The van der Waals surface area contributed by atoms with E-state index >= 15 is 0 Å². The molecule has 1 fully saturated rings. The van der Waals surface area contributed by atoms with E-state index in [4.69, 9.17) is 15.2 Å². The number of ether oxygens (including phenoxy) is 2. The van der Waals surface area contributed by atoms with Crippen LogP contribution in [0.3, 0.4) is 0 Å². The number of methoxy groups -OCH3 is 1. The Balaban J connectivity index is 1.63. The molecule has 2 N–H and O–H groups in total. The third-order valence-electron chi connectivity index (χ3n) is 4.09. The highest BCUT2D eigenvalue weighted by Crippen LogP contribution is 2.22. The molecule has 1 amide bonds. The van der Waals surface area contributed by atoms with Crippen molar-refractivity contribution >= 4 is 11.7 Å². The summed E-state index contributed by atoms with van der Waals surface area (Å²) in [4.78, 5) is 18.3. The molecule has 0 bridgehead atoms. The van der Waals surface area contributed by atoms with Crippen molar-refractivity contribution in [3.05, 3.63) is 36.8 Å². The van der Waals surface area contributed by atoms with Crippen LogP contribution in [0, 0.1) is 0 Å². The van der Waals surface area contributed by atoms with Crippen LogP contribution in [0.5, 0.6) is 5.75 Å². The first-order valence-electron chi connectivity index (χ1n) is 7.79. The largest absolute Gasteiger partial charge is 0.482 e. The molecule has 1 aliphatic heterocycles. The number of nitrogens with two attached hydrogens (primary N) is 1. The van der Waals surface area contributed by atoms with E-state index in [0.29, 0.717) is 24.7 Å². The van der Waals surface area contributed by atoms with Gasteiger partial charge in [0.05, 0.1) is 24.9 Å². The predicted octanol–water partition coefficient (Wildman–Crippen LogP) is 0.555. The van der Waals surface area contributed by atoms with E-state index < -0.39 is 0 Å². The number of hydrogen-bond donors (Lipinski definition) is 1. The van der Waals surface area contributed by atoms with Crippen LogP contribution in [0.1, 0.15) is 6.42 Å². The number of aromatic nitrogens is 3. The molecule has 0 aromatic carbocycles. The average molecular weight is 331 g/mol. The second kappa shape index (κ2) is 7.31. The van der Waals surface area contributed by atoms with Crippen molar-refractivity contribution in [3.8, 4) is 5.75 Å². The van der Waals surface area contributed by atoms with Crippen LogP contribution in [0.25, 0.3) is 0 Å². The van der Waals surface area contributed by atoms with Crippen molar-refractivity contribution < 1.29 is 14.3 Å². The number of anilines is 1. The van der Waals surface area contributed by atoms with Gasteiger partial charge < -0.3 is 20.1 Å². The highest BCUT2D eigenvalue weighted by Gasteiger charge is 2.35. The Labute approximate surface area is 140 Å². The molecule has 24 heavy (non-hydrogen) atoms. The average Bonchev–Trinajstić information content (AvgIpc) is 3.20. The van der Waals surface area contributed by atoms with E-state index in [1.165, 1.54) is 0 Å². The molecular weight excluding hydrogens is 310 g/mol. The molecule has 0 spiro atoms. The maximum atomic E-state index is 12.6. The summed E-state index contributed by atoms with van der Waals surface area (Å²) in [6.45, 7) is 1.10. The molecule has 2 aromatic heterocycles. The molecule has 128 valence electrons. The van der Waals surface area contributed by atoms with Crippen molar-refractivity contribution in [1.82, 2.24) is 19.7 Å². The molecule has 8 nitrogen and oxygen atoms in total. The minimum Gasteiger partial charge on any atom is -0.482 e. The Morgan fingerprint density at radius 1 is 1.46 bits per heavy atom. The number of amides is 1. The fourth-order valence-electron chi connectivity index (χ4n) is 2.88. The van der Waals surface area contributed by atoms with Gasteiger partial charge in [0.25, 0.3) is 5.91 Å². The molecule has 3 heterocycles. The van der Waals surface area contributed by atoms with Gasteiger partial charge in [0, 0.05) is 26.0 Å². The lowest BCUT2D eigenvalue weighted by molar-refractivity contribution is -0.134. The van der Waals surface area contributed by atoms with Crippen molar-refractivity contribution in [2.45, 2.75) is 25.1 Å². The van der Waals surface area contributed by atoms with Crippen LogP contribution in [0.15, 0.2) is 36.8 Å². The molecule has 3 rings (SSSR count). The first-order chi connectivity index (χ1) is 11.7. The topological polar surface area (TPSA) is 95.5 Å². The van der Waals surface area contributed by atoms with Crippen molar-refractivity contribution in [1.29, 1.82) is 0 Å². The van der Waals surface area contributed by atoms with Crippen molar-refractivity contribution in [2.24, 2.45) is 0 Å². The highest BCUT2D eigenvalue weighted by atomic mass is 16.5. The molecule has 1 saturated heterocycles. The van der Waals surface area contributed by atoms with Gasteiger partial charge in [-0.3, -0.25) is 14.5 Å². The number of pyridine rings is 1. The smallest absolute Gasteiger partial charge is 0.260 e. The number of rotatable bonds is 6. The van der Waals surface area contributed by atoms with Gasteiger partial charge in [-0.2, -0.15) is 5.10 Å². The monoisotopic (exact) mass is 331 g/mol. The fraction of sp³-hybridized carbons (Fsp3) is 0.438. The number of nitrogens with zero attached hydrogens (tertiary/aromatic N) is 4. The summed E-state index contributed by atoms with van der Waals surface area (Å²) < 4.78 is 12.7. The Bertz CT molecular complexity index is 675. The Morgan fingerprint density at radius 2 is 2.33 bits per heavy atom. The first-order valence-corrected chi connectivity index (χ1v) is 7.79. The minimum absolute atomic E-state index is 0.000696. The lowest BCUT2D eigenvalue weighted by Gasteiger charge is -2.24. The van der Waals surface area contributed by atoms with Crippen molar-refractivity contribution in [3.63, 3.8) is 0 Å². The lowest BCUT2D eigenvalue weighted by Crippen LogP contribution is -2.41. The zero-order chi connectivity index (χ0) is 16.9. The number of nitrogen functional groups attached to an aromatic ring is 1. The lowest BCUT2D eigenvalue weighted by atomic mass is 10.2. The Kier molecular flexibility index (Phi) is 4.95. The van der Waals surface area contributed by atoms with Crippen LogP contribution in [0.4, 0.5) is 5.82 Å². The summed E-state index contributed by atoms with van der Waals surface area (Å²) in [5.74, 6) is 0.961. The zero-order valence-electron chi connectivity index (χ0n) is 13.5. The third-order valence-corrected chi connectivity index (χ3v) is 4.09. The van der Waals surface area contributed by atoms with E-state index in [-0.39, 0.29) is 24.7 Å². The van der Waals surface area contributed by atoms with E-state index in [1.807, 2.05) is 6.20 Å². The van der Waals surface area contributed by atoms with Crippen LogP contribution in [-0.2, 0) is 16.1 Å². The van der Waals surface area contributed by atoms with E-state index in [9.17, 15) is 4.79 Å². The number of carbonyl (C=O) groups excluding carboxylic acids is 1. The predicted molar refractivity (Wildman–Crippen MR) is 87.3 cm³/mol.